The van der Waals surface area contributed by atoms with E-state index in [0.717, 1.165) is 55.5 Å². The molecule has 0 bridgehead atoms. The molecule has 9 aromatic carbocycles. The third-order valence-electron chi connectivity index (χ3n) is 13.0. The first-order valence-electron chi connectivity index (χ1n) is 21.8. The molecular formula is C60H41N3S. The summed E-state index contributed by atoms with van der Waals surface area (Å²) in [6, 6.07) is 78.2. The molecule has 2 aliphatic rings. The Morgan fingerprint density at radius 2 is 1.14 bits per heavy atom. The molecule has 64 heavy (non-hydrogen) atoms. The zero-order valence-corrected chi connectivity index (χ0v) is 35.8. The Balaban J connectivity index is 1.01. The van der Waals surface area contributed by atoms with E-state index in [-0.39, 0.29) is 0 Å². The number of hydrogen-bond acceptors (Lipinski definition) is 4. The molecule has 1 aliphatic heterocycles. The number of fused-ring (bicyclic) bond motifs is 13. The third kappa shape index (κ3) is 6.13. The summed E-state index contributed by atoms with van der Waals surface area (Å²) >= 11 is 1.89. The predicted octanol–water partition coefficient (Wildman–Crippen LogP) is 14.5. The number of aromatic nitrogens is 1. The summed E-state index contributed by atoms with van der Waals surface area (Å²) in [7, 11) is 0. The van der Waals surface area contributed by atoms with Crippen LogP contribution in [0.3, 0.4) is 0 Å². The van der Waals surface area contributed by atoms with Gasteiger partial charge in [-0.25, -0.2) is 4.98 Å². The number of allylic oxidation sites excluding steroid dienone is 1. The van der Waals surface area contributed by atoms with E-state index in [9.17, 15) is 0 Å². The maximum absolute atomic E-state index is 7.11. The summed E-state index contributed by atoms with van der Waals surface area (Å²) in [5.41, 5.74) is 24.3. The fourth-order valence-electron chi connectivity index (χ4n) is 10.1. The van der Waals surface area contributed by atoms with Gasteiger partial charge in [0.05, 0.1) is 28.9 Å². The van der Waals surface area contributed by atoms with Gasteiger partial charge in [0.2, 0.25) is 0 Å². The summed E-state index contributed by atoms with van der Waals surface area (Å²) in [4.78, 5) is 13.1. The van der Waals surface area contributed by atoms with Crippen LogP contribution in [0.25, 0.3) is 60.9 Å². The number of benzene rings is 9. The largest absolute Gasteiger partial charge is 0.398 e. The first kappa shape index (κ1) is 37.9. The van der Waals surface area contributed by atoms with Crippen molar-refractivity contribution in [3.8, 4) is 33.5 Å². The van der Waals surface area contributed by atoms with Gasteiger partial charge in [0.25, 0.3) is 0 Å². The highest BCUT2D eigenvalue weighted by Crippen LogP contribution is 2.63. The number of nitrogens with two attached hydrogens (primary N) is 1. The molecule has 3 nitrogen and oxygen atoms in total. The van der Waals surface area contributed by atoms with Crippen LogP contribution in [-0.4, -0.2) is 10.7 Å². The van der Waals surface area contributed by atoms with E-state index < -0.39 is 5.41 Å². The van der Waals surface area contributed by atoms with E-state index >= 15 is 0 Å². The van der Waals surface area contributed by atoms with Crippen molar-refractivity contribution in [3.05, 3.63) is 263 Å². The Bertz CT molecular complexity index is 3450. The van der Waals surface area contributed by atoms with E-state index in [0.29, 0.717) is 12.2 Å². The Kier molecular flexibility index (Phi) is 9.20. The molecule has 4 heteroatoms. The van der Waals surface area contributed by atoms with Gasteiger partial charge in [-0.15, -0.1) is 0 Å². The minimum absolute atomic E-state index is 0.468. The average molecular weight is 836 g/mol. The van der Waals surface area contributed by atoms with Crippen molar-refractivity contribution >= 4 is 44.8 Å². The van der Waals surface area contributed by atoms with Gasteiger partial charge in [0, 0.05) is 37.2 Å². The van der Waals surface area contributed by atoms with Gasteiger partial charge < -0.3 is 5.73 Å². The number of pyridine rings is 1. The molecule has 0 unspecified atom stereocenters. The van der Waals surface area contributed by atoms with E-state index in [1.807, 2.05) is 30.0 Å². The molecule has 0 saturated heterocycles. The zero-order chi connectivity index (χ0) is 42.6. The van der Waals surface area contributed by atoms with Crippen LogP contribution in [0.15, 0.2) is 239 Å². The van der Waals surface area contributed by atoms with Gasteiger partial charge in [0.15, 0.2) is 0 Å². The van der Waals surface area contributed by atoms with Crippen LogP contribution in [0.5, 0.6) is 0 Å². The van der Waals surface area contributed by atoms with Gasteiger partial charge in [-0.1, -0.05) is 212 Å². The highest BCUT2D eigenvalue weighted by atomic mass is 32.2. The zero-order valence-electron chi connectivity index (χ0n) is 34.9. The van der Waals surface area contributed by atoms with Crippen molar-refractivity contribution in [3.63, 3.8) is 0 Å². The van der Waals surface area contributed by atoms with Gasteiger partial charge >= 0.3 is 0 Å². The molecule has 2 N–H and O–H groups in total. The standard InChI is InChI=1S/C60H41N3S/c61-53(37-55(62-38-39-16-3-1-4-17-39)42-32-30-41(31-33-42)40-18-5-2-6-19-40)43-20-15-21-44(36-43)58-48-34-35-52-59(57(48)47-24-9-13-28-54(47)63-58)64-56-29-14-12-27-51(56)60(52)49-25-10-7-22-45(49)46-23-8-11-26-50(46)60/h1-37H,38,61H2/b53-37-,62-55?. The summed E-state index contributed by atoms with van der Waals surface area (Å²) in [5.74, 6) is 0. The van der Waals surface area contributed by atoms with Crippen molar-refractivity contribution in [1.29, 1.82) is 0 Å². The molecular weight excluding hydrogens is 795 g/mol. The quantitative estimate of drug-likeness (QED) is 0.129. The Morgan fingerprint density at radius 1 is 0.516 bits per heavy atom. The van der Waals surface area contributed by atoms with Gasteiger partial charge in [-0.2, -0.15) is 0 Å². The first-order chi connectivity index (χ1) is 31.6. The fraction of sp³-hybridized carbons (Fsp3) is 0.0333. The van der Waals surface area contributed by atoms with E-state index in [1.165, 1.54) is 54.1 Å². The molecule has 0 atom stereocenters. The molecule has 1 spiro atoms. The van der Waals surface area contributed by atoms with Crippen molar-refractivity contribution in [2.75, 3.05) is 0 Å². The summed E-state index contributed by atoms with van der Waals surface area (Å²) in [6.45, 7) is 0.540. The second-order valence-electron chi connectivity index (χ2n) is 16.6. The minimum atomic E-state index is -0.468. The highest BCUT2D eigenvalue weighted by Gasteiger charge is 2.50. The Morgan fingerprint density at radius 3 is 1.91 bits per heavy atom. The normalized spacial score (nSPS) is 13.7. The molecule has 2 heterocycles. The van der Waals surface area contributed by atoms with Crippen molar-refractivity contribution < 1.29 is 0 Å². The van der Waals surface area contributed by atoms with Gasteiger partial charge in [0.1, 0.15) is 0 Å². The molecule has 0 fully saturated rings. The number of aliphatic imine (C=N–C) groups is 1. The maximum atomic E-state index is 7.11. The summed E-state index contributed by atoms with van der Waals surface area (Å²) in [5, 5.41) is 3.48. The molecule has 302 valence electrons. The lowest BCUT2D eigenvalue weighted by Crippen LogP contribution is -2.32. The second kappa shape index (κ2) is 15.5. The lowest BCUT2D eigenvalue weighted by molar-refractivity contribution is 0.726. The summed E-state index contributed by atoms with van der Waals surface area (Å²) in [6.07, 6.45) is 2.02. The molecule has 0 amide bonds. The van der Waals surface area contributed by atoms with Crippen LogP contribution in [0.2, 0.25) is 0 Å². The first-order valence-corrected chi connectivity index (χ1v) is 22.6. The van der Waals surface area contributed by atoms with Crippen LogP contribution in [-0.2, 0) is 12.0 Å². The fourth-order valence-corrected chi connectivity index (χ4v) is 11.4. The average Bonchev–Trinajstić information content (AvgIpc) is 3.66. The number of para-hydroxylation sites is 1. The van der Waals surface area contributed by atoms with Crippen LogP contribution < -0.4 is 5.73 Å². The topological polar surface area (TPSA) is 51.3 Å². The molecule has 12 rings (SSSR count). The van der Waals surface area contributed by atoms with Crippen LogP contribution in [0.1, 0.15) is 38.9 Å². The van der Waals surface area contributed by atoms with Gasteiger partial charge in [-0.3, -0.25) is 4.99 Å². The maximum Gasteiger partial charge on any atom is 0.0788 e. The van der Waals surface area contributed by atoms with Crippen molar-refractivity contribution in [2.45, 2.75) is 21.8 Å². The Labute approximate surface area is 377 Å². The van der Waals surface area contributed by atoms with Crippen molar-refractivity contribution in [2.24, 2.45) is 10.7 Å². The van der Waals surface area contributed by atoms with Gasteiger partial charge in [-0.05, 0) is 85.5 Å². The predicted molar refractivity (Wildman–Crippen MR) is 267 cm³/mol. The molecule has 10 aromatic rings. The minimum Gasteiger partial charge on any atom is -0.398 e. The number of hydrogen-bond donors (Lipinski definition) is 1. The summed E-state index contributed by atoms with van der Waals surface area (Å²) < 4.78 is 0. The van der Waals surface area contributed by atoms with E-state index in [4.69, 9.17) is 15.7 Å². The smallest absolute Gasteiger partial charge is 0.0788 e. The third-order valence-corrected chi connectivity index (χ3v) is 14.2. The second-order valence-corrected chi connectivity index (χ2v) is 17.6. The number of rotatable bonds is 7. The molecule has 1 aliphatic carbocycles. The molecule has 0 saturated carbocycles. The van der Waals surface area contributed by atoms with Crippen LogP contribution >= 0.6 is 11.8 Å². The molecule has 0 radical (unpaired) electrons. The number of nitrogens with zero attached hydrogens (tertiary/aromatic N) is 2. The monoisotopic (exact) mass is 835 g/mol. The van der Waals surface area contributed by atoms with E-state index in [2.05, 4.69) is 206 Å². The lowest BCUT2D eigenvalue weighted by atomic mass is 9.67. The van der Waals surface area contributed by atoms with Crippen molar-refractivity contribution in [1.82, 2.24) is 4.98 Å². The highest BCUT2D eigenvalue weighted by molar-refractivity contribution is 7.99. The van der Waals surface area contributed by atoms with E-state index in [1.54, 1.807) is 0 Å². The molecule has 1 aromatic heterocycles. The van der Waals surface area contributed by atoms with Crippen LogP contribution in [0, 0.1) is 0 Å². The SMILES string of the molecule is N/C(=C\C(=NCc1ccccc1)c1ccc(-c2ccccc2)cc1)c1cccc(-c2nc3ccccc3c3c4c(ccc23)C2(c3ccccc3S4)c3ccccc3-c3ccccc32)c1. The van der Waals surface area contributed by atoms with Crippen LogP contribution in [0.4, 0.5) is 0 Å². The Hall–Kier alpha value is -7.79. The lowest BCUT2D eigenvalue weighted by Gasteiger charge is -2.40.